The highest BCUT2D eigenvalue weighted by molar-refractivity contribution is 6.04. The molecule has 1 fully saturated rings. The number of amides is 2. The van der Waals surface area contributed by atoms with Crippen LogP contribution in [0.5, 0.6) is 0 Å². The summed E-state index contributed by atoms with van der Waals surface area (Å²) in [5.74, 6) is 0.476. The van der Waals surface area contributed by atoms with E-state index in [-0.39, 0.29) is 11.8 Å². The summed E-state index contributed by atoms with van der Waals surface area (Å²) >= 11 is 0. The summed E-state index contributed by atoms with van der Waals surface area (Å²) in [6.45, 7) is 6.22. The molecule has 1 saturated heterocycles. The molecule has 0 saturated carbocycles. The van der Waals surface area contributed by atoms with Gasteiger partial charge in [0.05, 0.1) is 12.2 Å². The molecule has 1 N–H and O–H groups in total. The maximum atomic E-state index is 12.9. The molecule has 1 aliphatic rings. The molecule has 0 spiro atoms. The lowest BCUT2D eigenvalue weighted by Crippen LogP contribution is -2.55. The minimum absolute atomic E-state index is 0.151. The van der Waals surface area contributed by atoms with Gasteiger partial charge in [0.15, 0.2) is 0 Å². The maximum absolute atomic E-state index is 12.9. The van der Waals surface area contributed by atoms with E-state index in [1.165, 1.54) is 0 Å². The van der Waals surface area contributed by atoms with Crippen molar-refractivity contribution in [3.8, 4) is 0 Å². The Hall–Kier alpha value is -2.96. The van der Waals surface area contributed by atoms with Crippen molar-refractivity contribution in [3.63, 3.8) is 0 Å². The summed E-state index contributed by atoms with van der Waals surface area (Å²) in [6.07, 6.45) is 3.45. The molecule has 2 aromatic heterocycles. The summed E-state index contributed by atoms with van der Waals surface area (Å²) in [5.41, 5.74) is -0.361. The molecule has 2 aromatic rings. The van der Waals surface area contributed by atoms with Crippen LogP contribution in [-0.2, 0) is 16.1 Å². The summed E-state index contributed by atoms with van der Waals surface area (Å²) in [4.78, 5) is 38.0. The van der Waals surface area contributed by atoms with Crippen molar-refractivity contribution in [1.29, 1.82) is 0 Å². The van der Waals surface area contributed by atoms with Crippen LogP contribution in [0.4, 0.5) is 5.82 Å². The van der Waals surface area contributed by atoms with Crippen LogP contribution in [0, 0.1) is 5.41 Å². The number of carbonyl (C=O) groups is 2. The summed E-state index contributed by atoms with van der Waals surface area (Å²) in [6, 6.07) is 11.3. The van der Waals surface area contributed by atoms with E-state index >= 15 is 0 Å². The second-order valence-electron chi connectivity index (χ2n) is 7.10. The lowest BCUT2D eigenvalue weighted by molar-refractivity contribution is -0.148. The van der Waals surface area contributed by atoms with Crippen LogP contribution < -0.4 is 10.2 Å². The molecule has 0 bridgehead atoms. The van der Waals surface area contributed by atoms with Crippen molar-refractivity contribution >= 4 is 17.6 Å². The fraction of sp³-hybridized carbons (Fsp3) is 0.400. The van der Waals surface area contributed by atoms with Crippen molar-refractivity contribution in [2.75, 3.05) is 31.1 Å². The van der Waals surface area contributed by atoms with Gasteiger partial charge in [-0.05, 0) is 38.1 Å². The van der Waals surface area contributed by atoms with Gasteiger partial charge in [-0.25, -0.2) is 4.98 Å². The third kappa shape index (κ3) is 4.42. The molecule has 1 aliphatic heterocycles. The van der Waals surface area contributed by atoms with Gasteiger partial charge in [-0.3, -0.25) is 14.6 Å². The predicted octanol–water partition coefficient (Wildman–Crippen LogP) is 1.47. The molecule has 3 rings (SSSR count). The van der Waals surface area contributed by atoms with Crippen LogP contribution in [0.15, 0.2) is 48.8 Å². The number of pyridine rings is 2. The Bertz CT molecular complexity index is 771. The fourth-order valence-electron chi connectivity index (χ4n) is 3.07. The summed E-state index contributed by atoms with van der Waals surface area (Å²) in [5, 5.41) is 2.82. The molecular formula is C20H25N5O2. The molecule has 0 radical (unpaired) electrons. The first-order valence-corrected chi connectivity index (χ1v) is 9.12. The third-order valence-corrected chi connectivity index (χ3v) is 4.80. The monoisotopic (exact) mass is 367 g/mol. The van der Waals surface area contributed by atoms with Crippen LogP contribution >= 0.6 is 0 Å². The van der Waals surface area contributed by atoms with Crippen molar-refractivity contribution in [1.82, 2.24) is 20.2 Å². The Kier molecular flexibility index (Phi) is 5.69. The van der Waals surface area contributed by atoms with Crippen LogP contribution in [0.1, 0.15) is 19.5 Å². The van der Waals surface area contributed by atoms with Crippen LogP contribution in [0.2, 0.25) is 0 Å². The molecule has 0 aromatic carbocycles. The normalized spacial score (nSPS) is 14.7. The molecule has 0 unspecified atom stereocenters. The van der Waals surface area contributed by atoms with E-state index < -0.39 is 5.41 Å². The highest BCUT2D eigenvalue weighted by Gasteiger charge is 2.40. The zero-order valence-electron chi connectivity index (χ0n) is 15.8. The Morgan fingerprint density at radius 1 is 1.00 bits per heavy atom. The smallest absolute Gasteiger partial charge is 0.237 e. The quantitative estimate of drug-likeness (QED) is 0.810. The van der Waals surface area contributed by atoms with Crippen LogP contribution in [0.3, 0.4) is 0 Å². The van der Waals surface area contributed by atoms with E-state index in [0.29, 0.717) is 32.7 Å². The van der Waals surface area contributed by atoms with Gasteiger partial charge in [-0.15, -0.1) is 0 Å². The van der Waals surface area contributed by atoms with Crippen molar-refractivity contribution in [2.24, 2.45) is 5.41 Å². The van der Waals surface area contributed by atoms with Crippen LogP contribution in [0.25, 0.3) is 0 Å². The number of anilines is 1. The van der Waals surface area contributed by atoms with E-state index in [0.717, 1.165) is 11.5 Å². The predicted molar refractivity (Wildman–Crippen MR) is 103 cm³/mol. The van der Waals surface area contributed by atoms with Gasteiger partial charge >= 0.3 is 0 Å². The number of hydrogen-bond donors (Lipinski definition) is 1. The standard InChI is InChI=1S/C20H25N5O2/c1-20(2,18(26)23-15-16-7-3-5-9-21-16)19(27)25-13-11-24(12-14-25)17-8-4-6-10-22-17/h3-10H,11-15H2,1-2H3,(H,23,26). The molecule has 2 amide bonds. The number of hydrogen-bond acceptors (Lipinski definition) is 5. The number of carbonyl (C=O) groups excluding carboxylic acids is 2. The zero-order valence-corrected chi connectivity index (χ0v) is 15.8. The van der Waals surface area contributed by atoms with E-state index in [2.05, 4.69) is 20.2 Å². The first-order valence-electron chi connectivity index (χ1n) is 9.12. The SMILES string of the molecule is CC(C)(C(=O)NCc1ccccn1)C(=O)N1CCN(c2ccccn2)CC1. The second kappa shape index (κ2) is 8.16. The summed E-state index contributed by atoms with van der Waals surface area (Å²) in [7, 11) is 0. The lowest BCUT2D eigenvalue weighted by Gasteiger charge is -2.38. The van der Waals surface area contributed by atoms with E-state index in [1.54, 1.807) is 31.1 Å². The first-order chi connectivity index (χ1) is 13.0. The molecule has 0 aliphatic carbocycles. The second-order valence-corrected chi connectivity index (χ2v) is 7.10. The van der Waals surface area contributed by atoms with Gasteiger partial charge in [-0.1, -0.05) is 12.1 Å². The first kappa shape index (κ1) is 18.8. The molecule has 142 valence electrons. The van der Waals surface area contributed by atoms with Gasteiger partial charge in [0.25, 0.3) is 0 Å². The Morgan fingerprint density at radius 3 is 2.26 bits per heavy atom. The van der Waals surface area contributed by atoms with Gasteiger partial charge < -0.3 is 15.1 Å². The lowest BCUT2D eigenvalue weighted by atomic mass is 9.90. The topological polar surface area (TPSA) is 78.4 Å². The molecule has 27 heavy (non-hydrogen) atoms. The van der Waals surface area contributed by atoms with Gasteiger partial charge in [0, 0.05) is 38.6 Å². The minimum atomic E-state index is -1.12. The van der Waals surface area contributed by atoms with Gasteiger partial charge in [0.2, 0.25) is 11.8 Å². The summed E-state index contributed by atoms with van der Waals surface area (Å²) < 4.78 is 0. The largest absolute Gasteiger partial charge is 0.353 e. The zero-order chi connectivity index (χ0) is 19.3. The van der Waals surface area contributed by atoms with E-state index in [4.69, 9.17) is 0 Å². The molecule has 7 heteroatoms. The van der Waals surface area contributed by atoms with Crippen LogP contribution in [-0.4, -0.2) is 52.9 Å². The van der Waals surface area contributed by atoms with E-state index in [1.807, 2.05) is 36.4 Å². The van der Waals surface area contributed by atoms with Gasteiger partial charge in [-0.2, -0.15) is 0 Å². The number of aromatic nitrogens is 2. The average molecular weight is 367 g/mol. The Labute approximate surface area is 159 Å². The Morgan fingerprint density at radius 2 is 1.67 bits per heavy atom. The molecular weight excluding hydrogens is 342 g/mol. The van der Waals surface area contributed by atoms with Crippen molar-refractivity contribution in [3.05, 3.63) is 54.5 Å². The van der Waals surface area contributed by atoms with Crippen molar-refractivity contribution in [2.45, 2.75) is 20.4 Å². The minimum Gasteiger partial charge on any atom is -0.353 e. The number of piperazine rings is 1. The fourth-order valence-corrected chi connectivity index (χ4v) is 3.07. The third-order valence-electron chi connectivity index (χ3n) is 4.80. The van der Waals surface area contributed by atoms with E-state index in [9.17, 15) is 9.59 Å². The number of rotatable bonds is 5. The van der Waals surface area contributed by atoms with Crippen molar-refractivity contribution < 1.29 is 9.59 Å². The molecule has 7 nitrogen and oxygen atoms in total. The Balaban J connectivity index is 1.55. The average Bonchev–Trinajstić information content (AvgIpc) is 2.73. The van der Waals surface area contributed by atoms with Gasteiger partial charge in [0.1, 0.15) is 11.2 Å². The number of nitrogens with one attached hydrogen (secondary N) is 1. The molecule has 3 heterocycles. The highest BCUT2D eigenvalue weighted by Crippen LogP contribution is 2.22. The number of nitrogens with zero attached hydrogens (tertiary/aromatic N) is 4. The highest BCUT2D eigenvalue weighted by atomic mass is 16.2. The maximum Gasteiger partial charge on any atom is 0.237 e. The molecule has 0 atom stereocenters.